The van der Waals surface area contributed by atoms with Gasteiger partial charge < -0.3 is 0 Å². The summed E-state index contributed by atoms with van der Waals surface area (Å²) in [5.41, 5.74) is 1.84. The molecular weight excluding hydrogens is 238 g/mol. The topological polar surface area (TPSA) is 79.0 Å². The van der Waals surface area contributed by atoms with Crippen LogP contribution in [-0.2, 0) is 0 Å². The van der Waals surface area contributed by atoms with Crippen molar-refractivity contribution < 1.29 is 5.03 Å². The van der Waals surface area contributed by atoms with E-state index in [2.05, 4.69) is 6.92 Å². The zero-order chi connectivity index (χ0) is 12.9. The van der Waals surface area contributed by atoms with Crippen LogP contribution < -0.4 is 5.43 Å². The van der Waals surface area contributed by atoms with Crippen molar-refractivity contribution in [3.05, 3.63) is 10.1 Å². The summed E-state index contributed by atoms with van der Waals surface area (Å²) < 4.78 is 0. The molecule has 6 heteroatoms. The molecule has 2 N–H and O–H groups in total. The van der Waals surface area contributed by atoms with E-state index in [1.807, 2.05) is 5.43 Å². The van der Waals surface area contributed by atoms with E-state index in [1.165, 1.54) is 50.3 Å². The molecule has 0 aromatic carbocycles. The van der Waals surface area contributed by atoms with Crippen LogP contribution in [0.5, 0.6) is 0 Å². The highest BCUT2D eigenvalue weighted by molar-refractivity contribution is 8.13. The average Bonchev–Trinajstić information content (AvgIpc) is 2.26. The molecule has 0 saturated carbocycles. The Morgan fingerprint density at radius 2 is 1.71 bits per heavy atom. The molecule has 0 heterocycles. The number of nitro groups is 1. The second kappa shape index (κ2) is 11.7. The number of thioether (sulfide) groups is 1. The summed E-state index contributed by atoms with van der Waals surface area (Å²) in [4.78, 5) is 10.0. The van der Waals surface area contributed by atoms with Crippen LogP contribution in [0.15, 0.2) is 0 Å². The standard InChI is InChI=1S/C11H23N3O2S/c1-2-3-4-5-6-7-8-9-10-17-11(12)13-14(15)16/h2-10H2,1H3,(H2,12,13). The summed E-state index contributed by atoms with van der Waals surface area (Å²) in [6, 6.07) is 0. The van der Waals surface area contributed by atoms with Crippen LogP contribution in [0.25, 0.3) is 0 Å². The molecule has 5 nitrogen and oxygen atoms in total. The third-order valence-corrected chi connectivity index (χ3v) is 3.31. The van der Waals surface area contributed by atoms with Crippen LogP contribution in [0, 0.1) is 15.5 Å². The fourth-order valence-electron chi connectivity index (χ4n) is 1.53. The van der Waals surface area contributed by atoms with Gasteiger partial charge in [0.2, 0.25) is 5.17 Å². The number of hydrogen-bond acceptors (Lipinski definition) is 4. The van der Waals surface area contributed by atoms with Gasteiger partial charge in [0.15, 0.2) is 5.03 Å². The Hall–Kier alpha value is -0.780. The maximum Gasteiger partial charge on any atom is 0.217 e. The maximum atomic E-state index is 10.0. The third-order valence-electron chi connectivity index (χ3n) is 2.44. The number of nitrogens with zero attached hydrogens (tertiary/aromatic N) is 1. The van der Waals surface area contributed by atoms with Gasteiger partial charge in [0.1, 0.15) is 0 Å². The zero-order valence-electron chi connectivity index (χ0n) is 10.5. The van der Waals surface area contributed by atoms with E-state index in [0.717, 1.165) is 18.6 Å². The summed E-state index contributed by atoms with van der Waals surface area (Å²) >= 11 is 1.21. The normalized spacial score (nSPS) is 10.2. The van der Waals surface area contributed by atoms with Gasteiger partial charge in [-0.25, -0.2) is 10.1 Å². The van der Waals surface area contributed by atoms with Gasteiger partial charge in [-0.3, -0.25) is 5.41 Å². The van der Waals surface area contributed by atoms with Crippen molar-refractivity contribution in [2.24, 2.45) is 0 Å². The molecule has 0 spiro atoms. The van der Waals surface area contributed by atoms with Crippen molar-refractivity contribution in [3.8, 4) is 0 Å². The molecule has 0 unspecified atom stereocenters. The van der Waals surface area contributed by atoms with E-state index in [4.69, 9.17) is 5.41 Å². The van der Waals surface area contributed by atoms with Gasteiger partial charge in [0, 0.05) is 5.75 Å². The van der Waals surface area contributed by atoms with E-state index in [1.54, 1.807) is 0 Å². The van der Waals surface area contributed by atoms with Gasteiger partial charge in [-0.15, -0.1) is 0 Å². The van der Waals surface area contributed by atoms with E-state index in [0.29, 0.717) is 0 Å². The average molecular weight is 261 g/mol. The summed E-state index contributed by atoms with van der Waals surface area (Å²) in [6.45, 7) is 2.21. The first-order valence-corrected chi connectivity index (χ1v) is 7.27. The molecule has 0 aliphatic heterocycles. The molecule has 0 aromatic rings. The first kappa shape index (κ1) is 16.2. The largest absolute Gasteiger partial charge is 0.274 e. The molecule has 0 radical (unpaired) electrons. The zero-order valence-corrected chi connectivity index (χ0v) is 11.4. The quantitative estimate of drug-likeness (QED) is 0.207. The van der Waals surface area contributed by atoms with Gasteiger partial charge in [0.25, 0.3) is 0 Å². The molecular formula is C11H23N3O2S. The maximum absolute atomic E-state index is 10.0. The number of hydrogen-bond donors (Lipinski definition) is 2. The van der Waals surface area contributed by atoms with Crippen LogP contribution in [-0.4, -0.2) is 16.0 Å². The van der Waals surface area contributed by atoms with Crippen molar-refractivity contribution >= 4 is 16.9 Å². The Morgan fingerprint density at radius 1 is 1.18 bits per heavy atom. The Labute approximate surface area is 107 Å². The molecule has 0 rings (SSSR count). The van der Waals surface area contributed by atoms with Crippen LogP contribution in [0.1, 0.15) is 58.3 Å². The lowest BCUT2D eigenvalue weighted by Crippen LogP contribution is -2.26. The molecule has 0 saturated heterocycles. The van der Waals surface area contributed by atoms with E-state index >= 15 is 0 Å². The van der Waals surface area contributed by atoms with Gasteiger partial charge in [0.05, 0.1) is 0 Å². The van der Waals surface area contributed by atoms with Crippen molar-refractivity contribution in [1.29, 1.82) is 5.41 Å². The lowest BCUT2D eigenvalue weighted by molar-refractivity contribution is -0.524. The predicted octanol–water partition coefficient (Wildman–Crippen LogP) is 3.58. The number of unbranched alkanes of at least 4 members (excludes halogenated alkanes) is 7. The van der Waals surface area contributed by atoms with Crippen molar-refractivity contribution in [1.82, 2.24) is 5.43 Å². The van der Waals surface area contributed by atoms with Crippen molar-refractivity contribution in [2.75, 3.05) is 5.75 Å². The van der Waals surface area contributed by atoms with Gasteiger partial charge in [-0.1, -0.05) is 69.1 Å². The number of nitrogens with one attached hydrogen (secondary N) is 2. The minimum absolute atomic E-state index is 0.0713. The minimum atomic E-state index is -0.691. The Morgan fingerprint density at radius 3 is 2.24 bits per heavy atom. The minimum Gasteiger partial charge on any atom is -0.274 e. The summed E-state index contributed by atoms with van der Waals surface area (Å²) in [6.07, 6.45) is 9.98. The lowest BCUT2D eigenvalue weighted by atomic mass is 10.1. The summed E-state index contributed by atoms with van der Waals surface area (Å²) in [7, 11) is 0. The third kappa shape index (κ3) is 13.2. The fourth-order valence-corrected chi connectivity index (χ4v) is 2.22. The van der Waals surface area contributed by atoms with Crippen LogP contribution in [0.3, 0.4) is 0 Å². The van der Waals surface area contributed by atoms with Crippen LogP contribution in [0.4, 0.5) is 0 Å². The molecule has 0 atom stereocenters. The Balaban J connectivity index is 3.13. The summed E-state index contributed by atoms with van der Waals surface area (Å²) in [5.74, 6) is 0.786. The smallest absolute Gasteiger partial charge is 0.217 e. The van der Waals surface area contributed by atoms with E-state index in [9.17, 15) is 10.1 Å². The lowest BCUT2D eigenvalue weighted by Gasteiger charge is -2.02. The predicted molar refractivity (Wildman–Crippen MR) is 72.9 cm³/mol. The highest BCUT2D eigenvalue weighted by Gasteiger charge is 2.02. The van der Waals surface area contributed by atoms with Crippen LogP contribution in [0.2, 0.25) is 0 Å². The van der Waals surface area contributed by atoms with Crippen LogP contribution >= 0.6 is 11.8 Å². The molecule has 0 bridgehead atoms. The molecule has 17 heavy (non-hydrogen) atoms. The SMILES string of the molecule is CCCCCCCCCCSC(=N)N[N+](=O)[O-]. The highest BCUT2D eigenvalue weighted by Crippen LogP contribution is 2.11. The van der Waals surface area contributed by atoms with E-state index < -0.39 is 5.03 Å². The van der Waals surface area contributed by atoms with Gasteiger partial charge in [-0.05, 0) is 6.42 Å². The van der Waals surface area contributed by atoms with Gasteiger partial charge >= 0.3 is 0 Å². The van der Waals surface area contributed by atoms with Crippen molar-refractivity contribution in [2.45, 2.75) is 58.3 Å². The fraction of sp³-hybridized carbons (Fsp3) is 0.909. The second-order valence-corrected chi connectivity index (χ2v) is 5.13. The first-order valence-electron chi connectivity index (χ1n) is 6.29. The monoisotopic (exact) mass is 261 g/mol. The number of rotatable bonds is 10. The summed E-state index contributed by atoms with van der Waals surface area (Å²) in [5, 5.41) is 16.5. The Bertz CT molecular complexity index is 225. The first-order chi connectivity index (χ1) is 8.16. The molecule has 0 aliphatic rings. The molecule has 0 aliphatic carbocycles. The van der Waals surface area contributed by atoms with Gasteiger partial charge in [-0.2, -0.15) is 0 Å². The van der Waals surface area contributed by atoms with Crippen molar-refractivity contribution in [3.63, 3.8) is 0 Å². The number of amidine groups is 1. The molecule has 100 valence electrons. The second-order valence-electron chi connectivity index (χ2n) is 4.02. The van der Waals surface area contributed by atoms with E-state index in [-0.39, 0.29) is 5.17 Å². The highest BCUT2D eigenvalue weighted by atomic mass is 32.2. The number of hydrazine groups is 1. The molecule has 0 aromatic heterocycles. The molecule has 0 amide bonds. The molecule has 0 fully saturated rings. The Kier molecular flexibility index (Phi) is 11.2.